The van der Waals surface area contributed by atoms with Crippen LogP contribution in [0.1, 0.15) is 26.3 Å². The zero-order valence-electron chi connectivity index (χ0n) is 15.0. The van der Waals surface area contributed by atoms with Gasteiger partial charge in [-0.1, -0.05) is 30.3 Å². The molecule has 0 saturated carbocycles. The van der Waals surface area contributed by atoms with E-state index in [0.717, 1.165) is 33.8 Å². The number of anilines is 1. The van der Waals surface area contributed by atoms with E-state index in [1.54, 1.807) is 0 Å². The van der Waals surface area contributed by atoms with Gasteiger partial charge in [0.1, 0.15) is 17.2 Å². The van der Waals surface area contributed by atoms with E-state index in [9.17, 15) is 0 Å². The number of nitrogens with zero attached hydrogens (tertiary/aromatic N) is 3. The van der Waals surface area contributed by atoms with Crippen molar-refractivity contribution in [1.82, 2.24) is 14.4 Å². The summed E-state index contributed by atoms with van der Waals surface area (Å²) in [4.78, 5) is 9.69. The maximum atomic E-state index is 4.85. The Kier molecular flexibility index (Phi) is 3.49. The van der Waals surface area contributed by atoms with Crippen molar-refractivity contribution < 1.29 is 0 Å². The first kappa shape index (κ1) is 15.6. The summed E-state index contributed by atoms with van der Waals surface area (Å²) in [5.41, 5.74) is 4.78. The summed E-state index contributed by atoms with van der Waals surface area (Å²) < 4.78 is 2.12. The Morgan fingerprint density at radius 3 is 2.52 bits per heavy atom. The van der Waals surface area contributed by atoms with E-state index in [1.165, 1.54) is 5.56 Å². The van der Waals surface area contributed by atoms with E-state index in [4.69, 9.17) is 9.97 Å². The fraction of sp³-hybridized carbons (Fsp3) is 0.238. The van der Waals surface area contributed by atoms with Crippen LogP contribution in [0.4, 0.5) is 5.82 Å². The summed E-state index contributed by atoms with van der Waals surface area (Å²) in [7, 11) is 0. The molecule has 0 unspecified atom stereocenters. The number of nitrogens with one attached hydrogen (secondary N) is 1. The van der Waals surface area contributed by atoms with Gasteiger partial charge in [0, 0.05) is 17.1 Å². The zero-order valence-corrected chi connectivity index (χ0v) is 15.0. The monoisotopic (exact) mass is 330 g/mol. The topological polar surface area (TPSA) is 42.2 Å². The van der Waals surface area contributed by atoms with Crippen LogP contribution in [-0.2, 0) is 0 Å². The molecular weight excluding hydrogens is 308 g/mol. The molecule has 0 atom stereocenters. The molecule has 0 saturated heterocycles. The molecule has 0 spiro atoms. The molecule has 1 aromatic carbocycles. The fourth-order valence-corrected chi connectivity index (χ4v) is 3.00. The van der Waals surface area contributed by atoms with E-state index in [1.807, 2.05) is 30.3 Å². The van der Waals surface area contributed by atoms with Crippen LogP contribution in [0, 0.1) is 6.92 Å². The van der Waals surface area contributed by atoms with Crippen LogP contribution in [0.2, 0.25) is 0 Å². The van der Waals surface area contributed by atoms with Gasteiger partial charge in [-0.05, 0) is 51.5 Å². The highest BCUT2D eigenvalue weighted by Gasteiger charge is 2.20. The second kappa shape index (κ2) is 5.59. The highest BCUT2D eigenvalue weighted by atomic mass is 15.2. The number of imidazole rings is 1. The minimum atomic E-state index is -0.0781. The first-order chi connectivity index (χ1) is 11.9. The lowest BCUT2D eigenvalue weighted by molar-refractivity contribution is 0.629. The van der Waals surface area contributed by atoms with Crippen molar-refractivity contribution >= 4 is 22.4 Å². The molecule has 0 aliphatic heterocycles. The summed E-state index contributed by atoms with van der Waals surface area (Å²) in [5, 5.41) is 4.74. The van der Waals surface area contributed by atoms with Crippen molar-refractivity contribution in [2.24, 2.45) is 0 Å². The maximum absolute atomic E-state index is 4.85. The van der Waals surface area contributed by atoms with Gasteiger partial charge in [0.05, 0.1) is 11.2 Å². The first-order valence-electron chi connectivity index (χ1n) is 8.54. The van der Waals surface area contributed by atoms with E-state index < -0.39 is 0 Å². The third-order valence-corrected chi connectivity index (χ3v) is 4.10. The van der Waals surface area contributed by atoms with Gasteiger partial charge in [-0.25, -0.2) is 9.97 Å². The summed E-state index contributed by atoms with van der Waals surface area (Å²) in [6.45, 7) is 8.55. The van der Waals surface area contributed by atoms with Crippen LogP contribution in [0.5, 0.6) is 0 Å². The summed E-state index contributed by atoms with van der Waals surface area (Å²) >= 11 is 0. The van der Waals surface area contributed by atoms with E-state index in [2.05, 4.69) is 61.8 Å². The van der Waals surface area contributed by atoms with Gasteiger partial charge in [-0.2, -0.15) is 0 Å². The Bertz CT molecular complexity index is 1070. The van der Waals surface area contributed by atoms with Crippen LogP contribution in [-0.4, -0.2) is 19.9 Å². The van der Waals surface area contributed by atoms with Crippen molar-refractivity contribution in [1.29, 1.82) is 0 Å². The molecule has 0 aliphatic carbocycles. The fourth-order valence-electron chi connectivity index (χ4n) is 3.00. The van der Waals surface area contributed by atoms with E-state index in [-0.39, 0.29) is 5.54 Å². The van der Waals surface area contributed by atoms with Crippen molar-refractivity contribution in [2.45, 2.75) is 33.2 Å². The lowest BCUT2D eigenvalue weighted by atomic mass is 10.1. The second-order valence-corrected chi connectivity index (χ2v) is 7.51. The Hall–Kier alpha value is -2.88. The number of aryl methyl sites for hydroxylation is 1. The number of aromatic nitrogens is 3. The molecular formula is C21H22N4. The molecule has 4 nitrogen and oxygen atoms in total. The number of rotatable bonds is 2. The molecule has 3 heterocycles. The lowest BCUT2D eigenvalue weighted by Gasteiger charge is -2.22. The number of pyridine rings is 2. The van der Waals surface area contributed by atoms with Crippen LogP contribution in [0.25, 0.3) is 27.9 Å². The molecule has 3 aromatic heterocycles. The van der Waals surface area contributed by atoms with Crippen LogP contribution in [0.15, 0.2) is 54.7 Å². The number of hydrogen-bond donors (Lipinski definition) is 1. The summed E-state index contributed by atoms with van der Waals surface area (Å²) in [6, 6.07) is 16.4. The average molecular weight is 330 g/mol. The largest absolute Gasteiger partial charge is 0.365 e. The molecule has 0 bridgehead atoms. The first-order valence-corrected chi connectivity index (χ1v) is 8.54. The van der Waals surface area contributed by atoms with Gasteiger partial charge in [0.15, 0.2) is 0 Å². The maximum Gasteiger partial charge on any atom is 0.140 e. The van der Waals surface area contributed by atoms with Gasteiger partial charge in [0.2, 0.25) is 0 Å². The van der Waals surface area contributed by atoms with Crippen molar-refractivity contribution in [2.75, 3.05) is 5.32 Å². The second-order valence-electron chi connectivity index (χ2n) is 7.51. The SMILES string of the molecule is Cc1ccc2nc(-c3ccc4ccccc4n3)c(NC(C)(C)C)n2c1. The molecule has 0 amide bonds. The smallest absolute Gasteiger partial charge is 0.140 e. The number of para-hydroxylation sites is 1. The standard InChI is InChI=1S/C21H22N4/c1-14-9-12-18-23-19(20(25(18)13-14)24-21(2,3)4)17-11-10-15-7-5-6-8-16(15)22-17/h5-13,24H,1-4H3. The van der Waals surface area contributed by atoms with Crippen LogP contribution < -0.4 is 5.32 Å². The minimum Gasteiger partial charge on any atom is -0.365 e. The quantitative estimate of drug-likeness (QED) is 0.558. The van der Waals surface area contributed by atoms with Crippen molar-refractivity contribution in [3.8, 4) is 11.4 Å². The van der Waals surface area contributed by atoms with E-state index in [0.29, 0.717) is 0 Å². The molecule has 25 heavy (non-hydrogen) atoms. The van der Waals surface area contributed by atoms with Crippen LogP contribution >= 0.6 is 0 Å². The molecule has 4 aromatic rings. The lowest BCUT2D eigenvalue weighted by Crippen LogP contribution is -2.27. The molecule has 4 rings (SSSR count). The van der Waals surface area contributed by atoms with Gasteiger partial charge < -0.3 is 5.32 Å². The number of hydrogen-bond acceptors (Lipinski definition) is 3. The predicted molar refractivity (Wildman–Crippen MR) is 104 cm³/mol. The minimum absolute atomic E-state index is 0.0781. The average Bonchev–Trinajstić information content (AvgIpc) is 2.91. The molecule has 126 valence electrons. The Morgan fingerprint density at radius 2 is 1.72 bits per heavy atom. The molecule has 0 fully saturated rings. The third kappa shape index (κ3) is 2.95. The van der Waals surface area contributed by atoms with Gasteiger partial charge in [0.25, 0.3) is 0 Å². The normalized spacial score (nSPS) is 12.0. The Morgan fingerprint density at radius 1 is 0.920 bits per heavy atom. The highest BCUT2D eigenvalue weighted by Crippen LogP contribution is 2.31. The van der Waals surface area contributed by atoms with Crippen molar-refractivity contribution in [3.05, 3.63) is 60.3 Å². The highest BCUT2D eigenvalue weighted by molar-refractivity contribution is 5.83. The van der Waals surface area contributed by atoms with Crippen molar-refractivity contribution in [3.63, 3.8) is 0 Å². The van der Waals surface area contributed by atoms with Crippen LogP contribution in [0.3, 0.4) is 0 Å². The number of benzene rings is 1. The molecule has 4 heteroatoms. The van der Waals surface area contributed by atoms with Gasteiger partial charge in [-0.15, -0.1) is 0 Å². The molecule has 1 N–H and O–H groups in total. The molecule has 0 aliphatic rings. The Labute approximate surface area is 147 Å². The summed E-state index contributed by atoms with van der Waals surface area (Å²) in [6.07, 6.45) is 2.11. The Balaban J connectivity index is 1.96. The zero-order chi connectivity index (χ0) is 17.6. The third-order valence-electron chi connectivity index (χ3n) is 4.10. The van der Waals surface area contributed by atoms with Gasteiger partial charge >= 0.3 is 0 Å². The van der Waals surface area contributed by atoms with Gasteiger partial charge in [-0.3, -0.25) is 4.40 Å². The summed E-state index contributed by atoms with van der Waals surface area (Å²) in [5.74, 6) is 0.981. The molecule has 0 radical (unpaired) electrons. The number of fused-ring (bicyclic) bond motifs is 2. The van der Waals surface area contributed by atoms with E-state index >= 15 is 0 Å². The predicted octanol–water partition coefficient (Wildman–Crippen LogP) is 5.07.